The van der Waals surface area contributed by atoms with Crippen molar-refractivity contribution in [3.63, 3.8) is 0 Å². The fourth-order valence-electron chi connectivity index (χ4n) is 8.60. The average Bonchev–Trinajstić information content (AvgIpc) is 3.15. The van der Waals surface area contributed by atoms with Gasteiger partial charge in [0.2, 0.25) is 0 Å². The van der Waals surface area contributed by atoms with Crippen LogP contribution in [0, 0.1) is 40.4 Å². The smallest absolute Gasteiger partial charge is 0.0805 e. The lowest BCUT2D eigenvalue weighted by atomic mass is 9.48. The first-order valence-electron chi connectivity index (χ1n) is 13.2. The second kappa shape index (κ2) is 9.58. The molecule has 0 saturated heterocycles. The van der Waals surface area contributed by atoms with Gasteiger partial charge in [-0.05, 0) is 109 Å². The molecule has 2 saturated carbocycles. The third kappa shape index (κ3) is 4.09. The van der Waals surface area contributed by atoms with Gasteiger partial charge in [0.1, 0.15) is 0 Å². The van der Waals surface area contributed by atoms with Crippen LogP contribution in [0.2, 0.25) is 0 Å². The van der Waals surface area contributed by atoms with Crippen LogP contribution in [0.15, 0.2) is 36.2 Å². The topological polar surface area (TPSA) is 53.4 Å². The van der Waals surface area contributed by atoms with Crippen LogP contribution in [-0.4, -0.2) is 21.8 Å². The fraction of sp³-hybridized carbons (Fsp3) is 0.759. The molecule has 0 radical (unpaired) electrons. The Hall–Kier alpha value is -1.19. The minimum absolute atomic E-state index is 0.186. The van der Waals surface area contributed by atoms with E-state index in [2.05, 4.69) is 38.8 Å². The Morgan fingerprint density at radius 1 is 1.16 bits per heavy atom. The number of aliphatic hydroxyl groups excluding tert-OH is 2. The average molecular weight is 440 g/mol. The van der Waals surface area contributed by atoms with Crippen molar-refractivity contribution in [3.05, 3.63) is 41.7 Å². The number of nitrogens with zero attached hydrogens (tertiary/aromatic N) is 1. The maximum atomic E-state index is 10.7. The third-order valence-electron chi connectivity index (χ3n) is 10.3. The van der Waals surface area contributed by atoms with Crippen molar-refractivity contribution in [2.24, 2.45) is 40.4 Å². The molecule has 8 atom stereocenters. The van der Waals surface area contributed by atoms with E-state index in [-0.39, 0.29) is 12.0 Å². The lowest BCUT2D eigenvalue weighted by Gasteiger charge is -2.57. The number of aliphatic hydroxyl groups is 2. The van der Waals surface area contributed by atoms with E-state index in [1.54, 1.807) is 12.4 Å². The molecule has 1 heterocycles. The van der Waals surface area contributed by atoms with E-state index in [1.807, 2.05) is 12.1 Å². The van der Waals surface area contributed by atoms with Crippen LogP contribution in [0.3, 0.4) is 0 Å². The molecule has 3 heteroatoms. The molecule has 0 bridgehead atoms. The van der Waals surface area contributed by atoms with E-state index >= 15 is 0 Å². The minimum atomic E-state index is -0.401. The van der Waals surface area contributed by atoms with E-state index in [4.69, 9.17) is 0 Å². The van der Waals surface area contributed by atoms with Crippen LogP contribution in [0.4, 0.5) is 0 Å². The Labute approximate surface area is 195 Å². The van der Waals surface area contributed by atoms with E-state index in [0.717, 1.165) is 42.1 Å². The van der Waals surface area contributed by atoms with Crippen molar-refractivity contribution in [3.8, 4) is 0 Å². The van der Waals surface area contributed by atoms with Crippen molar-refractivity contribution in [1.82, 2.24) is 4.98 Å². The number of fused-ring (bicyclic) bond motifs is 3. The molecule has 32 heavy (non-hydrogen) atoms. The summed E-state index contributed by atoms with van der Waals surface area (Å²) in [6.07, 6.45) is 16.4. The first-order chi connectivity index (χ1) is 15.3. The van der Waals surface area contributed by atoms with Gasteiger partial charge in [-0.15, -0.1) is 0 Å². The lowest BCUT2D eigenvalue weighted by molar-refractivity contribution is -0.0490. The van der Waals surface area contributed by atoms with Gasteiger partial charge >= 0.3 is 0 Å². The van der Waals surface area contributed by atoms with Crippen LogP contribution in [-0.2, 0) is 0 Å². The molecule has 0 aromatic carbocycles. The Kier molecular flexibility index (Phi) is 7.17. The first-order valence-corrected chi connectivity index (χ1v) is 13.2. The summed E-state index contributed by atoms with van der Waals surface area (Å²) in [4.78, 5) is 4.17. The highest BCUT2D eigenvalue weighted by molar-refractivity contribution is 5.23. The van der Waals surface area contributed by atoms with Gasteiger partial charge in [-0.3, -0.25) is 4.98 Å². The molecule has 7 unspecified atom stereocenters. The predicted octanol–water partition coefficient (Wildman–Crippen LogP) is 6.72. The van der Waals surface area contributed by atoms with Crippen LogP contribution in [0.1, 0.15) is 97.1 Å². The summed E-state index contributed by atoms with van der Waals surface area (Å²) in [6, 6.07) is 3.90. The van der Waals surface area contributed by atoms with Crippen LogP contribution < -0.4 is 0 Å². The van der Waals surface area contributed by atoms with E-state index in [9.17, 15) is 10.2 Å². The van der Waals surface area contributed by atoms with E-state index in [0.29, 0.717) is 11.3 Å². The molecule has 2 N–H and O–H groups in total. The third-order valence-corrected chi connectivity index (χ3v) is 10.3. The van der Waals surface area contributed by atoms with E-state index in [1.165, 1.54) is 50.5 Å². The van der Waals surface area contributed by atoms with Gasteiger partial charge in [-0.25, -0.2) is 0 Å². The van der Waals surface area contributed by atoms with Gasteiger partial charge in [0.25, 0.3) is 0 Å². The second-order valence-electron chi connectivity index (χ2n) is 11.8. The molecule has 1 aromatic rings. The standard InChI is InChI=1S/C29H45NO2/c1-5-15-28(3)22(19-31)9-10-23-25-12-11-24(29(25,4)16-14-26(23)28)20(2)8-13-27(32)21-7-6-17-30-18-21/h6-7,9,17-18,20,23-27,31-32H,5,8,10-16,19H2,1-4H3/t20-,23?,24?,25?,26?,27?,28?,29?/m1/s1. The molecular formula is C29H45NO2. The monoisotopic (exact) mass is 439 g/mol. The Morgan fingerprint density at radius 2 is 1.97 bits per heavy atom. The largest absolute Gasteiger partial charge is 0.392 e. The highest BCUT2D eigenvalue weighted by atomic mass is 16.3. The molecule has 178 valence electrons. The number of pyridine rings is 1. The molecule has 4 rings (SSSR count). The van der Waals surface area contributed by atoms with Gasteiger partial charge in [0.05, 0.1) is 12.7 Å². The van der Waals surface area contributed by atoms with Crippen LogP contribution >= 0.6 is 0 Å². The van der Waals surface area contributed by atoms with E-state index < -0.39 is 6.10 Å². The summed E-state index contributed by atoms with van der Waals surface area (Å²) >= 11 is 0. The molecule has 3 aliphatic rings. The zero-order valence-electron chi connectivity index (χ0n) is 20.8. The second-order valence-corrected chi connectivity index (χ2v) is 11.8. The first kappa shape index (κ1) is 24.0. The fourth-order valence-corrected chi connectivity index (χ4v) is 8.60. The summed E-state index contributed by atoms with van der Waals surface area (Å²) in [7, 11) is 0. The Bertz CT molecular complexity index is 792. The van der Waals surface area contributed by atoms with Crippen LogP contribution in [0.25, 0.3) is 0 Å². The van der Waals surface area contributed by atoms with Crippen LogP contribution in [0.5, 0.6) is 0 Å². The summed E-state index contributed by atoms with van der Waals surface area (Å²) < 4.78 is 0. The molecule has 3 nitrogen and oxygen atoms in total. The zero-order chi connectivity index (χ0) is 22.9. The SMILES string of the molecule is CCCC1(C)C(CO)=CCC2C1CCC1(C)C2CCC1[C@H](C)CCC(O)c1cccnc1. The highest BCUT2D eigenvalue weighted by Crippen LogP contribution is 2.66. The molecule has 3 aliphatic carbocycles. The Morgan fingerprint density at radius 3 is 2.66 bits per heavy atom. The molecule has 0 aliphatic heterocycles. The van der Waals surface area contributed by atoms with Crippen molar-refractivity contribution < 1.29 is 10.2 Å². The lowest BCUT2D eigenvalue weighted by Crippen LogP contribution is -2.49. The van der Waals surface area contributed by atoms with Gasteiger partial charge < -0.3 is 10.2 Å². The Balaban J connectivity index is 1.46. The van der Waals surface area contributed by atoms with Gasteiger partial charge in [0, 0.05) is 12.4 Å². The van der Waals surface area contributed by atoms with Crippen molar-refractivity contribution in [2.45, 2.75) is 91.6 Å². The summed E-state index contributed by atoms with van der Waals surface area (Å²) in [5.41, 5.74) is 2.87. The number of hydrogen-bond donors (Lipinski definition) is 2. The predicted molar refractivity (Wildman–Crippen MR) is 131 cm³/mol. The quantitative estimate of drug-likeness (QED) is 0.442. The zero-order valence-corrected chi connectivity index (χ0v) is 20.8. The normalized spacial score (nSPS) is 38.5. The van der Waals surface area contributed by atoms with Crippen molar-refractivity contribution in [2.75, 3.05) is 6.61 Å². The number of allylic oxidation sites excluding steroid dienone is 1. The maximum Gasteiger partial charge on any atom is 0.0805 e. The summed E-state index contributed by atoms with van der Waals surface area (Å²) in [5, 5.41) is 20.7. The molecular weight excluding hydrogens is 394 g/mol. The highest BCUT2D eigenvalue weighted by Gasteiger charge is 2.58. The number of rotatable bonds is 8. The van der Waals surface area contributed by atoms with Crippen molar-refractivity contribution in [1.29, 1.82) is 0 Å². The minimum Gasteiger partial charge on any atom is -0.392 e. The number of aromatic nitrogens is 1. The summed E-state index contributed by atoms with van der Waals surface area (Å²) in [6.45, 7) is 10.0. The molecule has 1 aromatic heterocycles. The molecule has 2 fully saturated rings. The molecule has 0 amide bonds. The summed E-state index contributed by atoms with van der Waals surface area (Å²) in [5.74, 6) is 3.72. The molecule has 0 spiro atoms. The van der Waals surface area contributed by atoms with Crippen molar-refractivity contribution >= 4 is 0 Å². The maximum absolute atomic E-state index is 10.7. The van der Waals surface area contributed by atoms with Gasteiger partial charge in [-0.2, -0.15) is 0 Å². The van der Waals surface area contributed by atoms with Gasteiger partial charge in [0.15, 0.2) is 0 Å². The number of hydrogen-bond acceptors (Lipinski definition) is 3. The van der Waals surface area contributed by atoms with Gasteiger partial charge in [-0.1, -0.05) is 46.3 Å².